The molecule has 1 unspecified atom stereocenters. The minimum atomic E-state index is -0.205. The molecule has 0 aromatic rings. The van der Waals surface area contributed by atoms with Gasteiger partial charge in [-0.05, 0) is 55.3 Å². The van der Waals surface area contributed by atoms with Crippen molar-refractivity contribution in [2.45, 2.75) is 47.0 Å². The van der Waals surface area contributed by atoms with E-state index in [1.807, 2.05) is 6.92 Å². The zero-order valence-electron chi connectivity index (χ0n) is 12.2. The first-order chi connectivity index (χ1) is 8.37. The van der Waals surface area contributed by atoms with Gasteiger partial charge in [0.1, 0.15) is 0 Å². The van der Waals surface area contributed by atoms with E-state index in [1.54, 1.807) is 0 Å². The Hall–Kier alpha value is -0.790. The number of carbonyl (C=O) groups is 1. The minimum absolute atomic E-state index is 0.205. The Kier molecular flexibility index (Phi) is 3.57. The Morgan fingerprint density at radius 1 is 1.39 bits per heavy atom. The van der Waals surface area contributed by atoms with Crippen LogP contribution in [0.1, 0.15) is 47.0 Å². The highest BCUT2D eigenvalue weighted by Crippen LogP contribution is 2.63. The molecule has 0 N–H and O–H groups in total. The summed E-state index contributed by atoms with van der Waals surface area (Å²) in [5.74, 6) is 2.80. The first kappa shape index (κ1) is 13.6. The fraction of sp³-hybridized carbons (Fsp3) is 0.812. The van der Waals surface area contributed by atoms with Gasteiger partial charge in [-0.1, -0.05) is 27.4 Å². The third-order valence-electron chi connectivity index (χ3n) is 5.58. The molecule has 0 aliphatic heterocycles. The van der Waals surface area contributed by atoms with Gasteiger partial charge in [0.15, 0.2) is 0 Å². The lowest BCUT2D eigenvalue weighted by Gasteiger charge is -2.62. The number of hydrogen-bond donors (Lipinski definition) is 0. The standard InChI is InChI=1S/C16H26O2/c1-6-18-15(17)10(2)7-12-8-13-9-14(11(12)3)16(13,4)5/h11-14H,2,6-9H2,1,3-5H3/t11-,12?,13+,14+/m1/s1. The van der Waals surface area contributed by atoms with Crippen molar-refractivity contribution in [2.75, 3.05) is 6.61 Å². The van der Waals surface area contributed by atoms with Gasteiger partial charge in [0.05, 0.1) is 6.61 Å². The molecule has 0 heterocycles. The SMILES string of the molecule is C=C(CC1C[C@H]2C[C@@H]([C@@H]1C)C2(C)C)C(=O)OCC. The topological polar surface area (TPSA) is 26.3 Å². The molecule has 2 heteroatoms. The fourth-order valence-electron chi connectivity index (χ4n) is 4.16. The fourth-order valence-corrected chi connectivity index (χ4v) is 4.16. The van der Waals surface area contributed by atoms with Crippen LogP contribution in [-0.4, -0.2) is 12.6 Å². The number of rotatable bonds is 4. The summed E-state index contributed by atoms with van der Waals surface area (Å²) >= 11 is 0. The second kappa shape index (κ2) is 4.71. The van der Waals surface area contributed by atoms with Crippen molar-refractivity contribution in [2.24, 2.45) is 29.1 Å². The maximum absolute atomic E-state index is 11.6. The van der Waals surface area contributed by atoms with Crippen LogP contribution in [0.5, 0.6) is 0 Å². The lowest BCUT2D eigenvalue weighted by Crippen LogP contribution is -2.55. The molecular formula is C16H26O2. The molecule has 0 aromatic heterocycles. The highest BCUT2D eigenvalue weighted by Gasteiger charge is 2.55. The second-order valence-corrected chi connectivity index (χ2v) is 6.74. The summed E-state index contributed by atoms with van der Waals surface area (Å²) in [7, 11) is 0. The van der Waals surface area contributed by atoms with E-state index < -0.39 is 0 Å². The van der Waals surface area contributed by atoms with Crippen LogP contribution in [0, 0.1) is 29.1 Å². The van der Waals surface area contributed by atoms with Crippen LogP contribution in [0.25, 0.3) is 0 Å². The van der Waals surface area contributed by atoms with Crippen molar-refractivity contribution in [3.63, 3.8) is 0 Å². The molecule has 4 atom stereocenters. The van der Waals surface area contributed by atoms with Crippen molar-refractivity contribution in [1.82, 2.24) is 0 Å². The predicted octanol–water partition coefficient (Wildman–Crippen LogP) is 3.81. The Morgan fingerprint density at radius 2 is 2.06 bits per heavy atom. The molecular weight excluding hydrogens is 224 g/mol. The van der Waals surface area contributed by atoms with E-state index in [0.717, 1.165) is 18.3 Å². The molecule has 102 valence electrons. The predicted molar refractivity (Wildman–Crippen MR) is 73.0 cm³/mol. The molecule has 3 saturated carbocycles. The molecule has 3 rings (SSSR count). The van der Waals surface area contributed by atoms with E-state index in [2.05, 4.69) is 27.4 Å². The summed E-state index contributed by atoms with van der Waals surface area (Å²) < 4.78 is 5.02. The lowest BCUT2D eigenvalue weighted by molar-refractivity contribution is -0.141. The van der Waals surface area contributed by atoms with Crippen molar-refractivity contribution in [3.8, 4) is 0 Å². The molecule has 0 amide bonds. The van der Waals surface area contributed by atoms with Gasteiger partial charge < -0.3 is 4.74 Å². The summed E-state index contributed by atoms with van der Waals surface area (Å²) in [6.07, 6.45) is 3.46. The van der Waals surface area contributed by atoms with E-state index in [9.17, 15) is 4.79 Å². The molecule has 3 fully saturated rings. The van der Waals surface area contributed by atoms with Crippen LogP contribution in [0.2, 0.25) is 0 Å². The molecule has 0 saturated heterocycles. The molecule has 2 bridgehead atoms. The number of ether oxygens (including phenoxy) is 1. The van der Waals surface area contributed by atoms with Gasteiger partial charge in [0.25, 0.3) is 0 Å². The zero-order valence-corrected chi connectivity index (χ0v) is 12.2. The molecule has 0 aromatic carbocycles. The van der Waals surface area contributed by atoms with E-state index in [0.29, 0.717) is 29.4 Å². The van der Waals surface area contributed by atoms with E-state index >= 15 is 0 Å². The third-order valence-corrected chi connectivity index (χ3v) is 5.58. The number of hydrogen-bond acceptors (Lipinski definition) is 2. The van der Waals surface area contributed by atoms with Crippen molar-refractivity contribution in [1.29, 1.82) is 0 Å². The van der Waals surface area contributed by atoms with Crippen molar-refractivity contribution >= 4 is 5.97 Å². The molecule has 3 aliphatic carbocycles. The van der Waals surface area contributed by atoms with Crippen molar-refractivity contribution in [3.05, 3.63) is 12.2 Å². The van der Waals surface area contributed by atoms with Crippen LogP contribution < -0.4 is 0 Å². The van der Waals surface area contributed by atoms with Gasteiger partial charge in [-0.3, -0.25) is 0 Å². The largest absolute Gasteiger partial charge is 0.463 e. The smallest absolute Gasteiger partial charge is 0.333 e. The Morgan fingerprint density at radius 3 is 2.56 bits per heavy atom. The minimum Gasteiger partial charge on any atom is -0.463 e. The number of carbonyl (C=O) groups excluding carboxylic acids is 1. The van der Waals surface area contributed by atoms with E-state index in [-0.39, 0.29) is 5.97 Å². The average Bonchev–Trinajstić information content (AvgIpc) is 2.31. The first-order valence-electron chi connectivity index (χ1n) is 7.22. The maximum Gasteiger partial charge on any atom is 0.333 e. The number of esters is 1. The molecule has 0 radical (unpaired) electrons. The van der Waals surface area contributed by atoms with E-state index in [4.69, 9.17) is 4.74 Å². The average molecular weight is 250 g/mol. The van der Waals surface area contributed by atoms with Crippen LogP contribution in [0.3, 0.4) is 0 Å². The monoisotopic (exact) mass is 250 g/mol. The van der Waals surface area contributed by atoms with Crippen LogP contribution in [-0.2, 0) is 9.53 Å². The number of fused-ring (bicyclic) bond motifs is 2. The third kappa shape index (κ3) is 2.10. The molecule has 18 heavy (non-hydrogen) atoms. The van der Waals surface area contributed by atoms with Crippen molar-refractivity contribution < 1.29 is 9.53 Å². The Labute approximate surface area is 111 Å². The molecule has 0 spiro atoms. The summed E-state index contributed by atoms with van der Waals surface area (Å²) in [6.45, 7) is 13.3. The summed E-state index contributed by atoms with van der Waals surface area (Å²) in [5, 5.41) is 0. The highest BCUT2D eigenvalue weighted by atomic mass is 16.5. The van der Waals surface area contributed by atoms with Gasteiger partial charge in [0, 0.05) is 5.57 Å². The summed E-state index contributed by atoms with van der Waals surface area (Å²) in [5.41, 5.74) is 1.18. The van der Waals surface area contributed by atoms with Crippen LogP contribution in [0.15, 0.2) is 12.2 Å². The first-order valence-corrected chi connectivity index (χ1v) is 7.22. The van der Waals surface area contributed by atoms with Crippen LogP contribution in [0.4, 0.5) is 0 Å². The van der Waals surface area contributed by atoms with E-state index in [1.165, 1.54) is 12.8 Å². The van der Waals surface area contributed by atoms with Gasteiger partial charge in [-0.25, -0.2) is 4.79 Å². The maximum atomic E-state index is 11.6. The van der Waals surface area contributed by atoms with Gasteiger partial charge in [-0.15, -0.1) is 0 Å². The quantitative estimate of drug-likeness (QED) is 0.560. The van der Waals surface area contributed by atoms with Crippen LogP contribution >= 0.6 is 0 Å². The molecule has 3 aliphatic rings. The van der Waals surface area contributed by atoms with Gasteiger partial charge in [-0.2, -0.15) is 0 Å². The Balaban J connectivity index is 1.93. The molecule has 2 nitrogen and oxygen atoms in total. The van der Waals surface area contributed by atoms with Gasteiger partial charge >= 0.3 is 5.97 Å². The second-order valence-electron chi connectivity index (χ2n) is 6.74. The highest BCUT2D eigenvalue weighted by molar-refractivity contribution is 5.87. The lowest BCUT2D eigenvalue weighted by atomic mass is 9.43. The Bertz CT molecular complexity index is 356. The zero-order chi connectivity index (χ0) is 13.5. The summed E-state index contributed by atoms with van der Waals surface area (Å²) in [6, 6.07) is 0. The van der Waals surface area contributed by atoms with Gasteiger partial charge in [0.2, 0.25) is 0 Å². The normalized spacial score (nSPS) is 36.7. The summed E-state index contributed by atoms with van der Waals surface area (Å²) in [4.78, 5) is 11.6.